The maximum atomic E-state index is 12.1. The molecule has 98 valence electrons. The van der Waals surface area contributed by atoms with E-state index in [2.05, 4.69) is 24.3 Å². The molecule has 1 aromatic rings. The van der Waals surface area contributed by atoms with E-state index in [0.717, 1.165) is 25.9 Å². The lowest BCUT2D eigenvalue weighted by Crippen LogP contribution is -2.50. The van der Waals surface area contributed by atoms with Gasteiger partial charge in [0.05, 0.1) is 5.54 Å². The maximum absolute atomic E-state index is 12.1. The Hall–Kier alpha value is -1.35. The van der Waals surface area contributed by atoms with Crippen LogP contribution in [0.1, 0.15) is 25.8 Å². The van der Waals surface area contributed by atoms with Crippen molar-refractivity contribution in [2.75, 3.05) is 13.1 Å². The van der Waals surface area contributed by atoms with E-state index < -0.39 is 5.54 Å². The van der Waals surface area contributed by atoms with E-state index in [-0.39, 0.29) is 5.91 Å². The lowest BCUT2D eigenvalue weighted by atomic mass is 9.99. The molecule has 0 aliphatic carbocycles. The van der Waals surface area contributed by atoms with Crippen LogP contribution in [0.15, 0.2) is 30.3 Å². The average Bonchev–Trinajstić information content (AvgIpc) is 2.76. The van der Waals surface area contributed by atoms with Crippen LogP contribution in [0.5, 0.6) is 0 Å². The van der Waals surface area contributed by atoms with Crippen molar-refractivity contribution in [1.82, 2.24) is 4.90 Å². The van der Waals surface area contributed by atoms with Crippen LogP contribution in [-0.2, 0) is 11.2 Å². The summed E-state index contributed by atoms with van der Waals surface area (Å²) in [5.74, 6) is 0.636. The van der Waals surface area contributed by atoms with Crippen LogP contribution in [0.4, 0.5) is 0 Å². The van der Waals surface area contributed by atoms with Crippen molar-refractivity contribution in [2.24, 2.45) is 11.7 Å². The minimum Gasteiger partial charge on any atom is -0.341 e. The molecule has 1 atom stereocenters. The van der Waals surface area contributed by atoms with Crippen LogP contribution in [0, 0.1) is 5.92 Å². The lowest BCUT2D eigenvalue weighted by Gasteiger charge is -2.25. The predicted octanol–water partition coefficient (Wildman–Crippen LogP) is 1.81. The fourth-order valence-electron chi connectivity index (χ4n) is 2.54. The van der Waals surface area contributed by atoms with E-state index in [1.165, 1.54) is 5.56 Å². The fourth-order valence-corrected chi connectivity index (χ4v) is 2.54. The summed E-state index contributed by atoms with van der Waals surface area (Å²) in [5.41, 5.74) is 6.47. The molecule has 0 radical (unpaired) electrons. The number of nitrogens with two attached hydrogens (primary N) is 1. The zero-order valence-corrected chi connectivity index (χ0v) is 11.2. The molecule has 0 aromatic heterocycles. The van der Waals surface area contributed by atoms with Gasteiger partial charge in [0, 0.05) is 13.1 Å². The first-order chi connectivity index (χ1) is 8.47. The van der Waals surface area contributed by atoms with Gasteiger partial charge in [0.1, 0.15) is 0 Å². The highest BCUT2D eigenvalue weighted by Gasteiger charge is 2.33. The van der Waals surface area contributed by atoms with Gasteiger partial charge < -0.3 is 10.6 Å². The lowest BCUT2D eigenvalue weighted by molar-refractivity contribution is -0.134. The van der Waals surface area contributed by atoms with Crippen molar-refractivity contribution < 1.29 is 4.79 Å². The largest absolute Gasteiger partial charge is 0.341 e. The van der Waals surface area contributed by atoms with E-state index in [1.54, 1.807) is 13.8 Å². The first-order valence-electron chi connectivity index (χ1n) is 6.59. The Morgan fingerprint density at radius 2 is 2.06 bits per heavy atom. The van der Waals surface area contributed by atoms with Crippen LogP contribution in [0.3, 0.4) is 0 Å². The molecule has 18 heavy (non-hydrogen) atoms. The molecule has 1 amide bonds. The summed E-state index contributed by atoms with van der Waals surface area (Å²) >= 11 is 0. The fraction of sp³-hybridized carbons (Fsp3) is 0.533. The number of carbonyl (C=O) groups excluding carboxylic acids is 1. The summed E-state index contributed by atoms with van der Waals surface area (Å²) in [5, 5.41) is 0. The van der Waals surface area contributed by atoms with Crippen molar-refractivity contribution in [3.05, 3.63) is 35.9 Å². The Bertz CT molecular complexity index is 408. The summed E-state index contributed by atoms with van der Waals surface area (Å²) in [6.45, 7) is 5.24. The maximum Gasteiger partial charge on any atom is 0.242 e. The van der Waals surface area contributed by atoms with Crippen molar-refractivity contribution >= 4 is 5.91 Å². The highest BCUT2D eigenvalue weighted by Crippen LogP contribution is 2.22. The molecule has 3 heteroatoms. The van der Waals surface area contributed by atoms with Gasteiger partial charge in [-0.05, 0) is 38.2 Å². The van der Waals surface area contributed by atoms with E-state index in [1.807, 2.05) is 11.0 Å². The van der Waals surface area contributed by atoms with Gasteiger partial charge in [-0.2, -0.15) is 0 Å². The number of likely N-dealkylation sites (tertiary alicyclic amines) is 1. The van der Waals surface area contributed by atoms with Gasteiger partial charge in [-0.1, -0.05) is 30.3 Å². The molecule has 1 heterocycles. The van der Waals surface area contributed by atoms with Gasteiger partial charge in [-0.25, -0.2) is 0 Å². The van der Waals surface area contributed by atoms with E-state index in [0.29, 0.717) is 5.92 Å². The van der Waals surface area contributed by atoms with Crippen LogP contribution >= 0.6 is 0 Å². The third kappa shape index (κ3) is 3.10. The van der Waals surface area contributed by atoms with Gasteiger partial charge >= 0.3 is 0 Å². The molecule has 0 saturated carbocycles. The van der Waals surface area contributed by atoms with Crippen LogP contribution in [-0.4, -0.2) is 29.4 Å². The third-order valence-corrected chi connectivity index (χ3v) is 3.49. The smallest absolute Gasteiger partial charge is 0.242 e. The number of hydrogen-bond donors (Lipinski definition) is 1. The number of carbonyl (C=O) groups is 1. The van der Waals surface area contributed by atoms with E-state index >= 15 is 0 Å². The third-order valence-electron chi connectivity index (χ3n) is 3.49. The molecule has 1 aliphatic rings. The second-order valence-corrected chi connectivity index (χ2v) is 5.82. The molecule has 1 aromatic carbocycles. The number of benzene rings is 1. The Morgan fingerprint density at radius 1 is 1.39 bits per heavy atom. The summed E-state index contributed by atoms with van der Waals surface area (Å²) in [6.07, 6.45) is 2.13. The molecular weight excluding hydrogens is 224 g/mol. The van der Waals surface area contributed by atoms with Gasteiger partial charge in [0.2, 0.25) is 5.91 Å². The van der Waals surface area contributed by atoms with Crippen LogP contribution in [0.25, 0.3) is 0 Å². The Labute approximate surface area is 109 Å². The summed E-state index contributed by atoms with van der Waals surface area (Å²) < 4.78 is 0. The number of amides is 1. The monoisotopic (exact) mass is 246 g/mol. The predicted molar refractivity (Wildman–Crippen MR) is 73.1 cm³/mol. The molecule has 1 aliphatic heterocycles. The summed E-state index contributed by atoms with van der Waals surface area (Å²) in [7, 11) is 0. The average molecular weight is 246 g/mol. The molecule has 1 fully saturated rings. The molecule has 1 saturated heterocycles. The number of hydrogen-bond acceptors (Lipinski definition) is 2. The molecule has 3 nitrogen and oxygen atoms in total. The topological polar surface area (TPSA) is 46.3 Å². The van der Waals surface area contributed by atoms with Crippen molar-refractivity contribution in [3.63, 3.8) is 0 Å². The Balaban J connectivity index is 1.91. The molecular formula is C15H22N2O. The van der Waals surface area contributed by atoms with E-state index in [4.69, 9.17) is 5.73 Å². The van der Waals surface area contributed by atoms with E-state index in [9.17, 15) is 4.79 Å². The second kappa shape index (κ2) is 5.11. The Morgan fingerprint density at radius 3 is 2.67 bits per heavy atom. The zero-order chi connectivity index (χ0) is 13.2. The number of rotatable bonds is 3. The van der Waals surface area contributed by atoms with Crippen LogP contribution < -0.4 is 5.73 Å². The van der Waals surface area contributed by atoms with Crippen molar-refractivity contribution in [2.45, 2.75) is 32.2 Å². The second-order valence-electron chi connectivity index (χ2n) is 5.82. The normalized spacial score (nSPS) is 20.2. The Kier molecular flexibility index (Phi) is 3.71. The molecule has 1 unspecified atom stereocenters. The first kappa shape index (κ1) is 13.1. The summed E-state index contributed by atoms with van der Waals surface area (Å²) in [4.78, 5) is 14.0. The standard InChI is InChI=1S/C15H22N2O/c1-15(2,16)14(18)17-9-8-13(11-17)10-12-6-4-3-5-7-12/h3-7,13H,8-11,16H2,1-2H3. The molecule has 2 N–H and O–H groups in total. The molecule has 0 bridgehead atoms. The summed E-state index contributed by atoms with van der Waals surface area (Å²) in [6, 6.07) is 10.5. The highest BCUT2D eigenvalue weighted by molar-refractivity contribution is 5.85. The van der Waals surface area contributed by atoms with Gasteiger partial charge in [-0.15, -0.1) is 0 Å². The number of nitrogens with zero attached hydrogens (tertiary/aromatic N) is 1. The zero-order valence-electron chi connectivity index (χ0n) is 11.2. The van der Waals surface area contributed by atoms with Crippen LogP contribution in [0.2, 0.25) is 0 Å². The minimum absolute atomic E-state index is 0.0676. The highest BCUT2D eigenvalue weighted by atomic mass is 16.2. The van der Waals surface area contributed by atoms with Crippen molar-refractivity contribution in [1.29, 1.82) is 0 Å². The van der Waals surface area contributed by atoms with Gasteiger partial charge in [0.15, 0.2) is 0 Å². The first-order valence-corrected chi connectivity index (χ1v) is 6.59. The quantitative estimate of drug-likeness (QED) is 0.884. The van der Waals surface area contributed by atoms with Gasteiger partial charge in [-0.3, -0.25) is 4.79 Å². The minimum atomic E-state index is -0.748. The van der Waals surface area contributed by atoms with Gasteiger partial charge in [0.25, 0.3) is 0 Å². The SMILES string of the molecule is CC(C)(N)C(=O)N1CCC(Cc2ccccc2)C1. The molecule has 2 rings (SSSR count). The van der Waals surface area contributed by atoms with Crippen molar-refractivity contribution in [3.8, 4) is 0 Å². The molecule has 0 spiro atoms.